The number of nitrogens with zero attached hydrogens (tertiary/aromatic N) is 2. The number of methoxy groups -OCH3 is 2. The SMILES string of the molecule is COC(=O)c1cccnc1-c1ncccc1C(=O)OC. The lowest BCUT2D eigenvalue weighted by atomic mass is 10.1. The Kier molecular flexibility index (Phi) is 4.05. The van der Waals surface area contributed by atoms with E-state index >= 15 is 0 Å². The van der Waals surface area contributed by atoms with E-state index in [0.717, 1.165) is 0 Å². The molecule has 0 radical (unpaired) electrons. The molecule has 0 saturated heterocycles. The number of hydrogen-bond donors (Lipinski definition) is 0. The van der Waals surface area contributed by atoms with Crippen LogP contribution < -0.4 is 0 Å². The van der Waals surface area contributed by atoms with Crippen LogP contribution in [0.1, 0.15) is 20.7 Å². The van der Waals surface area contributed by atoms with Gasteiger partial charge in [-0.15, -0.1) is 0 Å². The molecule has 0 atom stereocenters. The Morgan fingerprint density at radius 2 is 1.25 bits per heavy atom. The number of aromatic nitrogens is 2. The lowest BCUT2D eigenvalue weighted by Crippen LogP contribution is -2.09. The zero-order valence-corrected chi connectivity index (χ0v) is 11.0. The van der Waals surface area contributed by atoms with Crippen LogP contribution in [-0.2, 0) is 9.47 Å². The maximum atomic E-state index is 11.8. The van der Waals surface area contributed by atoms with E-state index in [0.29, 0.717) is 0 Å². The van der Waals surface area contributed by atoms with E-state index in [4.69, 9.17) is 9.47 Å². The topological polar surface area (TPSA) is 78.4 Å². The smallest absolute Gasteiger partial charge is 0.340 e. The molecule has 102 valence electrons. The fourth-order valence-corrected chi connectivity index (χ4v) is 1.74. The van der Waals surface area contributed by atoms with Crippen molar-refractivity contribution in [2.45, 2.75) is 0 Å². The average Bonchev–Trinajstić information content (AvgIpc) is 2.53. The van der Waals surface area contributed by atoms with Crippen molar-refractivity contribution in [3.05, 3.63) is 47.8 Å². The number of carbonyl (C=O) groups excluding carboxylic acids is 2. The van der Waals surface area contributed by atoms with Crippen LogP contribution >= 0.6 is 0 Å². The average molecular weight is 272 g/mol. The highest BCUT2D eigenvalue weighted by atomic mass is 16.5. The van der Waals surface area contributed by atoms with Crippen molar-refractivity contribution in [1.82, 2.24) is 9.97 Å². The van der Waals surface area contributed by atoms with Crippen LogP contribution in [0.4, 0.5) is 0 Å². The fraction of sp³-hybridized carbons (Fsp3) is 0.143. The molecule has 0 aliphatic carbocycles. The van der Waals surface area contributed by atoms with E-state index in [1.165, 1.54) is 26.6 Å². The van der Waals surface area contributed by atoms with Crippen LogP contribution in [0.25, 0.3) is 11.4 Å². The summed E-state index contributed by atoms with van der Waals surface area (Å²) < 4.78 is 9.40. The van der Waals surface area contributed by atoms with Crippen LogP contribution in [0.2, 0.25) is 0 Å². The van der Waals surface area contributed by atoms with Crippen molar-refractivity contribution < 1.29 is 19.1 Å². The minimum Gasteiger partial charge on any atom is -0.465 e. The second-order valence-corrected chi connectivity index (χ2v) is 3.78. The number of ether oxygens (including phenoxy) is 2. The molecule has 20 heavy (non-hydrogen) atoms. The highest BCUT2D eigenvalue weighted by Crippen LogP contribution is 2.23. The van der Waals surface area contributed by atoms with Gasteiger partial charge in [0.2, 0.25) is 0 Å². The Morgan fingerprint density at radius 1 is 0.850 bits per heavy atom. The molecule has 6 nitrogen and oxygen atoms in total. The van der Waals surface area contributed by atoms with Gasteiger partial charge in [-0.1, -0.05) is 0 Å². The molecular formula is C14H12N2O4. The van der Waals surface area contributed by atoms with E-state index in [1.807, 2.05) is 0 Å². The number of rotatable bonds is 3. The Bertz CT molecular complexity index is 598. The third-order valence-corrected chi connectivity index (χ3v) is 2.65. The lowest BCUT2D eigenvalue weighted by molar-refractivity contribution is 0.0589. The first kappa shape index (κ1) is 13.7. The van der Waals surface area contributed by atoms with Crippen molar-refractivity contribution in [2.75, 3.05) is 14.2 Å². The number of esters is 2. The monoisotopic (exact) mass is 272 g/mol. The normalized spacial score (nSPS) is 9.90. The summed E-state index contributed by atoms with van der Waals surface area (Å²) in [7, 11) is 2.55. The molecule has 0 fully saturated rings. The second kappa shape index (κ2) is 5.92. The van der Waals surface area contributed by atoms with Crippen LogP contribution in [-0.4, -0.2) is 36.1 Å². The van der Waals surface area contributed by atoms with Gasteiger partial charge in [-0.05, 0) is 24.3 Å². The molecule has 2 aromatic rings. The summed E-state index contributed by atoms with van der Waals surface area (Å²) in [6.07, 6.45) is 3.02. The second-order valence-electron chi connectivity index (χ2n) is 3.78. The summed E-state index contributed by atoms with van der Waals surface area (Å²) in [6.45, 7) is 0. The first-order valence-corrected chi connectivity index (χ1v) is 5.76. The van der Waals surface area contributed by atoms with Gasteiger partial charge in [0.25, 0.3) is 0 Å². The van der Waals surface area contributed by atoms with Crippen molar-refractivity contribution >= 4 is 11.9 Å². The first-order chi connectivity index (χ1) is 9.69. The van der Waals surface area contributed by atoms with E-state index in [2.05, 4.69) is 9.97 Å². The minimum atomic E-state index is -0.547. The van der Waals surface area contributed by atoms with E-state index < -0.39 is 11.9 Å². The Labute approximate surface area is 115 Å². The van der Waals surface area contributed by atoms with Crippen LogP contribution in [0.15, 0.2) is 36.7 Å². The minimum absolute atomic E-state index is 0.235. The number of pyridine rings is 2. The third-order valence-electron chi connectivity index (χ3n) is 2.65. The van der Waals surface area contributed by atoms with Crippen LogP contribution in [0.3, 0.4) is 0 Å². The largest absolute Gasteiger partial charge is 0.465 e. The standard InChI is InChI=1S/C14H12N2O4/c1-19-13(17)9-5-3-7-15-11(9)12-10(14(18)20-2)6-4-8-16-12/h3-8H,1-2H3. The molecule has 0 N–H and O–H groups in total. The van der Waals surface area contributed by atoms with Crippen molar-refractivity contribution in [3.8, 4) is 11.4 Å². The third kappa shape index (κ3) is 2.49. The van der Waals surface area contributed by atoms with Gasteiger partial charge >= 0.3 is 11.9 Å². The van der Waals surface area contributed by atoms with Gasteiger partial charge in [0.15, 0.2) is 0 Å². The summed E-state index contributed by atoms with van der Waals surface area (Å²) in [5, 5.41) is 0. The molecule has 0 bridgehead atoms. The predicted molar refractivity (Wildman–Crippen MR) is 70.1 cm³/mol. The number of carbonyl (C=O) groups is 2. The van der Waals surface area contributed by atoms with E-state index in [9.17, 15) is 9.59 Å². The van der Waals surface area contributed by atoms with Gasteiger partial charge in [-0.3, -0.25) is 9.97 Å². The van der Waals surface area contributed by atoms with Gasteiger partial charge in [0.05, 0.1) is 25.3 Å². The molecule has 0 unspecified atom stereocenters. The van der Waals surface area contributed by atoms with Gasteiger partial charge in [0.1, 0.15) is 11.4 Å². The molecule has 0 aliphatic heterocycles. The van der Waals surface area contributed by atoms with Gasteiger partial charge < -0.3 is 9.47 Å². The number of hydrogen-bond acceptors (Lipinski definition) is 6. The van der Waals surface area contributed by atoms with Crippen molar-refractivity contribution in [2.24, 2.45) is 0 Å². The van der Waals surface area contributed by atoms with E-state index in [1.54, 1.807) is 24.3 Å². The first-order valence-electron chi connectivity index (χ1n) is 5.76. The maximum absolute atomic E-state index is 11.8. The van der Waals surface area contributed by atoms with Gasteiger partial charge in [-0.2, -0.15) is 0 Å². The van der Waals surface area contributed by atoms with Gasteiger partial charge in [-0.25, -0.2) is 9.59 Å². The Balaban J connectivity index is 2.64. The molecule has 0 aromatic carbocycles. The quantitative estimate of drug-likeness (QED) is 0.791. The lowest BCUT2D eigenvalue weighted by Gasteiger charge is -2.09. The molecule has 0 spiro atoms. The molecule has 2 aromatic heterocycles. The van der Waals surface area contributed by atoms with Crippen molar-refractivity contribution in [3.63, 3.8) is 0 Å². The molecule has 0 saturated carbocycles. The van der Waals surface area contributed by atoms with E-state index in [-0.39, 0.29) is 22.5 Å². The maximum Gasteiger partial charge on any atom is 0.340 e. The summed E-state index contributed by atoms with van der Waals surface area (Å²) in [5.74, 6) is -1.09. The Hall–Kier alpha value is -2.76. The van der Waals surface area contributed by atoms with Crippen LogP contribution in [0.5, 0.6) is 0 Å². The molecule has 2 rings (SSSR count). The molecule has 6 heteroatoms. The van der Waals surface area contributed by atoms with Crippen molar-refractivity contribution in [1.29, 1.82) is 0 Å². The summed E-state index contributed by atoms with van der Waals surface area (Å²) in [4.78, 5) is 31.8. The highest BCUT2D eigenvalue weighted by Gasteiger charge is 2.21. The Morgan fingerprint density at radius 3 is 1.60 bits per heavy atom. The summed E-state index contributed by atoms with van der Waals surface area (Å²) in [5.41, 5.74) is 1.03. The highest BCUT2D eigenvalue weighted by molar-refractivity contribution is 6.01. The summed E-state index contributed by atoms with van der Waals surface area (Å²) in [6, 6.07) is 6.33. The van der Waals surface area contributed by atoms with Crippen LogP contribution in [0, 0.1) is 0 Å². The van der Waals surface area contributed by atoms with Gasteiger partial charge in [0, 0.05) is 12.4 Å². The summed E-state index contributed by atoms with van der Waals surface area (Å²) >= 11 is 0. The molecule has 0 amide bonds. The predicted octanol–water partition coefficient (Wildman–Crippen LogP) is 1.72. The molecular weight excluding hydrogens is 260 g/mol. The molecule has 2 heterocycles. The zero-order chi connectivity index (χ0) is 14.5. The molecule has 0 aliphatic rings. The zero-order valence-electron chi connectivity index (χ0n) is 11.0. The fourth-order valence-electron chi connectivity index (χ4n) is 1.74.